The Morgan fingerprint density at radius 2 is 2.16 bits per heavy atom. The van der Waals surface area contributed by atoms with Gasteiger partial charge in [-0.15, -0.1) is 0 Å². The summed E-state index contributed by atoms with van der Waals surface area (Å²) in [6.45, 7) is 4.18. The van der Waals surface area contributed by atoms with E-state index in [1.165, 1.54) is 32.4 Å². The largest absolute Gasteiger partial charge is 0.492 e. The van der Waals surface area contributed by atoms with Crippen LogP contribution in [0.2, 0.25) is 0 Å². The first kappa shape index (κ1) is 13.4. The van der Waals surface area contributed by atoms with Crippen LogP contribution < -0.4 is 10.1 Å². The molecule has 104 valence electrons. The quantitative estimate of drug-likeness (QED) is 0.921. The van der Waals surface area contributed by atoms with Crippen molar-refractivity contribution in [1.82, 2.24) is 10.2 Å². The molecule has 2 aliphatic rings. The highest BCUT2D eigenvalue weighted by Crippen LogP contribution is 2.21. The number of fused-ring (bicyclic) bond motifs is 2. The standard InChI is InChI=1S/C15H21BrN2O/c16-12-2-1-3-15(10-12)19-9-8-18-7-6-13-4-5-14(11-18)17-13/h1-3,10,13-14,17H,4-9,11H2. The maximum absolute atomic E-state index is 5.82. The van der Waals surface area contributed by atoms with Crippen molar-refractivity contribution >= 4 is 15.9 Å². The highest BCUT2D eigenvalue weighted by atomic mass is 79.9. The van der Waals surface area contributed by atoms with Gasteiger partial charge in [0.1, 0.15) is 12.4 Å². The van der Waals surface area contributed by atoms with Crippen molar-refractivity contribution in [2.24, 2.45) is 0 Å². The molecule has 2 saturated heterocycles. The van der Waals surface area contributed by atoms with Crippen molar-refractivity contribution in [3.63, 3.8) is 0 Å². The first-order valence-corrected chi connectivity index (χ1v) is 7.96. The average Bonchev–Trinajstić information content (AvgIpc) is 2.72. The van der Waals surface area contributed by atoms with E-state index in [4.69, 9.17) is 4.74 Å². The molecule has 1 aromatic rings. The molecule has 4 heteroatoms. The summed E-state index contributed by atoms with van der Waals surface area (Å²) in [5.41, 5.74) is 0. The maximum Gasteiger partial charge on any atom is 0.120 e. The molecule has 2 atom stereocenters. The second-order valence-electron chi connectivity index (χ2n) is 5.53. The van der Waals surface area contributed by atoms with E-state index >= 15 is 0 Å². The third-order valence-electron chi connectivity index (χ3n) is 4.08. The molecule has 0 radical (unpaired) electrons. The van der Waals surface area contributed by atoms with E-state index in [1.54, 1.807) is 0 Å². The van der Waals surface area contributed by atoms with Crippen LogP contribution in [-0.4, -0.2) is 43.2 Å². The molecule has 0 spiro atoms. The molecule has 0 aromatic heterocycles. The number of hydrogen-bond acceptors (Lipinski definition) is 3. The second-order valence-corrected chi connectivity index (χ2v) is 6.45. The van der Waals surface area contributed by atoms with Gasteiger partial charge in [-0.05, 0) is 44.0 Å². The number of nitrogens with one attached hydrogen (secondary N) is 1. The van der Waals surface area contributed by atoms with Gasteiger partial charge in [0.15, 0.2) is 0 Å². The number of hydrogen-bond donors (Lipinski definition) is 1. The smallest absolute Gasteiger partial charge is 0.120 e. The van der Waals surface area contributed by atoms with Gasteiger partial charge < -0.3 is 10.1 Å². The SMILES string of the molecule is Brc1cccc(OCCN2CCC3CCC(C2)N3)c1. The normalized spacial score (nSPS) is 27.2. The van der Waals surface area contributed by atoms with Crippen LogP contribution in [0, 0.1) is 0 Å². The number of rotatable bonds is 4. The van der Waals surface area contributed by atoms with E-state index in [9.17, 15) is 0 Å². The molecule has 1 aromatic carbocycles. The summed E-state index contributed by atoms with van der Waals surface area (Å²) >= 11 is 3.46. The minimum absolute atomic E-state index is 0.707. The minimum atomic E-state index is 0.707. The number of nitrogens with zero attached hydrogens (tertiary/aromatic N) is 1. The zero-order chi connectivity index (χ0) is 13.1. The average molecular weight is 325 g/mol. The summed E-state index contributed by atoms with van der Waals surface area (Å²) in [5.74, 6) is 0.948. The Labute approximate surface area is 123 Å². The van der Waals surface area contributed by atoms with E-state index < -0.39 is 0 Å². The predicted octanol–water partition coefficient (Wildman–Crippen LogP) is 2.65. The van der Waals surface area contributed by atoms with Gasteiger partial charge >= 0.3 is 0 Å². The van der Waals surface area contributed by atoms with E-state index in [0.717, 1.165) is 29.4 Å². The van der Waals surface area contributed by atoms with Crippen molar-refractivity contribution in [2.75, 3.05) is 26.2 Å². The number of benzene rings is 1. The van der Waals surface area contributed by atoms with E-state index in [1.807, 2.05) is 24.3 Å². The van der Waals surface area contributed by atoms with Crippen molar-refractivity contribution < 1.29 is 4.74 Å². The van der Waals surface area contributed by atoms with Gasteiger partial charge in [0.05, 0.1) is 0 Å². The Morgan fingerprint density at radius 3 is 3.05 bits per heavy atom. The lowest BCUT2D eigenvalue weighted by Gasteiger charge is -2.23. The number of ether oxygens (including phenoxy) is 1. The number of likely N-dealkylation sites (tertiary alicyclic amines) is 1. The third kappa shape index (κ3) is 3.71. The van der Waals surface area contributed by atoms with Crippen LogP contribution in [0.1, 0.15) is 19.3 Å². The zero-order valence-corrected chi connectivity index (χ0v) is 12.7. The van der Waals surface area contributed by atoms with Crippen molar-refractivity contribution in [3.05, 3.63) is 28.7 Å². The predicted molar refractivity (Wildman–Crippen MR) is 80.6 cm³/mol. The molecule has 2 heterocycles. The summed E-state index contributed by atoms with van der Waals surface area (Å²) < 4.78 is 6.89. The highest BCUT2D eigenvalue weighted by Gasteiger charge is 2.28. The molecular formula is C15H21BrN2O. The van der Waals surface area contributed by atoms with Crippen LogP contribution >= 0.6 is 15.9 Å². The van der Waals surface area contributed by atoms with Crippen molar-refractivity contribution in [1.29, 1.82) is 0 Å². The highest BCUT2D eigenvalue weighted by molar-refractivity contribution is 9.10. The molecule has 2 aliphatic heterocycles. The topological polar surface area (TPSA) is 24.5 Å². The molecule has 19 heavy (non-hydrogen) atoms. The molecule has 0 saturated carbocycles. The summed E-state index contributed by atoms with van der Waals surface area (Å²) in [6.07, 6.45) is 3.99. The molecule has 3 nitrogen and oxygen atoms in total. The van der Waals surface area contributed by atoms with E-state index in [-0.39, 0.29) is 0 Å². The maximum atomic E-state index is 5.82. The third-order valence-corrected chi connectivity index (χ3v) is 4.57. The van der Waals surface area contributed by atoms with Crippen molar-refractivity contribution in [2.45, 2.75) is 31.3 Å². The Kier molecular flexibility index (Phi) is 4.41. The molecular weight excluding hydrogens is 304 g/mol. The zero-order valence-electron chi connectivity index (χ0n) is 11.1. The second kappa shape index (κ2) is 6.25. The summed E-state index contributed by atoms with van der Waals surface area (Å²) in [4.78, 5) is 2.54. The molecule has 0 amide bonds. The fraction of sp³-hybridized carbons (Fsp3) is 0.600. The van der Waals surface area contributed by atoms with Gasteiger partial charge in [-0.1, -0.05) is 22.0 Å². The van der Waals surface area contributed by atoms with E-state index in [2.05, 4.69) is 26.1 Å². The fourth-order valence-electron chi connectivity index (χ4n) is 3.07. The van der Waals surface area contributed by atoms with Crippen LogP contribution in [0.3, 0.4) is 0 Å². The monoisotopic (exact) mass is 324 g/mol. The van der Waals surface area contributed by atoms with Crippen LogP contribution in [0.4, 0.5) is 0 Å². The van der Waals surface area contributed by atoms with Crippen LogP contribution in [0.15, 0.2) is 28.7 Å². The lowest BCUT2D eigenvalue weighted by Crippen LogP contribution is -2.37. The van der Waals surface area contributed by atoms with Gasteiger partial charge in [0.2, 0.25) is 0 Å². The molecule has 3 rings (SSSR count). The molecule has 0 aliphatic carbocycles. The minimum Gasteiger partial charge on any atom is -0.492 e. The number of halogens is 1. The lowest BCUT2D eigenvalue weighted by molar-refractivity contribution is 0.201. The Morgan fingerprint density at radius 1 is 1.26 bits per heavy atom. The van der Waals surface area contributed by atoms with Crippen LogP contribution in [0.25, 0.3) is 0 Å². The van der Waals surface area contributed by atoms with Crippen LogP contribution in [-0.2, 0) is 0 Å². The van der Waals surface area contributed by atoms with Gasteiger partial charge in [-0.2, -0.15) is 0 Å². The first-order valence-electron chi connectivity index (χ1n) is 7.16. The fourth-order valence-corrected chi connectivity index (χ4v) is 3.45. The van der Waals surface area contributed by atoms with Gasteiger partial charge in [0.25, 0.3) is 0 Å². The van der Waals surface area contributed by atoms with Gasteiger partial charge in [0, 0.05) is 29.6 Å². The Hall–Kier alpha value is -0.580. The molecule has 1 N–H and O–H groups in total. The van der Waals surface area contributed by atoms with Crippen molar-refractivity contribution in [3.8, 4) is 5.75 Å². The summed E-state index contributed by atoms with van der Waals surface area (Å²) in [6, 6.07) is 9.53. The summed E-state index contributed by atoms with van der Waals surface area (Å²) in [5, 5.41) is 3.71. The van der Waals surface area contributed by atoms with Gasteiger partial charge in [-0.3, -0.25) is 4.90 Å². The molecule has 2 bridgehead atoms. The summed E-state index contributed by atoms with van der Waals surface area (Å²) in [7, 11) is 0. The molecule has 2 fully saturated rings. The Balaban J connectivity index is 1.45. The van der Waals surface area contributed by atoms with Gasteiger partial charge in [-0.25, -0.2) is 0 Å². The Bertz CT molecular complexity index is 426. The van der Waals surface area contributed by atoms with E-state index in [0.29, 0.717) is 6.04 Å². The molecule has 2 unspecified atom stereocenters. The lowest BCUT2D eigenvalue weighted by atomic mass is 10.1. The first-order chi connectivity index (χ1) is 9.29. The van der Waals surface area contributed by atoms with Crippen LogP contribution in [0.5, 0.6) is 5.75 Å².